The fourth-order valence-electron chi connectivity index (χ4n) is 4.61. The molecule has 0 aliphatic rings. The van der Waals surface area contributed by atoms with E-state index >= 15 is 0 Å². The highest BCUT2D eigenvalue weighted by atomic mass is 16.4. The van der Waals surface area contributed by atoms with E-state index in [0.717, 1.165) is 28.5 Å². The Morgan fingerprint density at radius 1 is 0.846 bits per heavy atom. The zero-order valence-corrected chi connectivity index (χ0v) is 21.6. The number of rotatable bonds is 6. The molecule has 4 aromatic carbocycles. The average Bonchev–Trinajstić information content (AvgIpc) is 3.40. The highest BCUT2D eigenvalue weighted by molar-refractivity contribution is 6.04. The van der Waals surface area contributed by atoms with Gasteiger partial charge in [-0.2, -0.15) is 0 Å². The summed E-state index contributed by atoms with van der Waals surface area (Å²) in [5, 5.41) is 3.78. The number of anilines is 1. The number of fused-ring (bicyclic) bond motifs is 2. The van der Waals surface area contributed by atoms with Gasteiger partial charge < -0.3 is 14.2 Å². The number of amides is 1. The lowest BCUT2D eigenvalue weighted by atomic mass is 9.98. The molecule has 0 aliphatic carbocycles. The summed E-state index contributed by atoms with van der Waals surface area (Å²) in [6.45, 7) is 4.36. The number of oxazole rings is 1. The SMILES string of the molecule is CCC(C)c1ccc2oc(-c3cccc(NC(=O)c4ccc(-c5cc6ccccc6oc5=O)cc4)c3)nc2c1. The van der Waals surface area contributed by atoms with Gasteiger partial charge in [-0.3, -0.25) is 4.79 Å². The van der Waals surface area contributed by atoms with Crippen LogP contribution >= 0.6 is 0 Å². The topological polar surface area (TPSA) is 85.3 Å². The summed E-state index contributed by atoms with van der Waals surface area (Å²) in [6, 6.07) is 29.6. The maximum atomic E-state index is 13.0. The third-order valence-corrected chi connectivity index (χ3v) is 7.06. The molecule has 0 aliphatic heterocycles. The number of carbonyl (C=O) groups excluding carboxylic acids is 1. The van der Waals surface area contributed by atoms with Gasteiger partial charge in [0.2, 0.25) is 5.89 Å². The summed E-state index contributed by atoms with van der Waals surface area (Å²) in [6.07, 6.45) is 1.06. The molecule has 39 heavy (non-hydrogen) atoms. The Balaban J connectivity index is 1.21. The summed E-state index contributed by atoms with van der Waals surface area (Å²) >= 11 is 0. The van der Waals surface area contributed by atoms with Gasteiger partial charge in [-0.1, -0.05) is 56.3 Å². The van der Waals surface area contributed by atoms with Gasteiger partial charge in [0.05, 0.1) is 5.56 Å². The van der Waals surface area contributed by atoms with E-state index in [1.54, 1.807) is 36.4 Å². The van der Waals surface area contributed by atoms with E-state index in [0.29, 0.717) is 39.8 Å². The third-order valence-electron chi connectivity index (χ3n) is 7.06. The first-order valence-electron chi connectivity index (χ1n) is 12.9. The van der Waals surface area contributed by atoms with E-state index in [1.807, 2.05) is 48.5 Å². The first-order chi connectivity index (χ1) is 19.0. The largest absolute Gasteiger partial charge is 0.436 e. The normalized spacial score (nSPS) is 12.1. The number of nitrogens with zero attached hydrogens (tertiary/aromatic N) is 1. The van der Waals surface area contributed by atoms with Crippen LogP contribution in [-0.2, 0) is 0 Å². The number of nitrogens with one attached hydrogen (secondary N) is 1. The molecule has 6 heteroatoms. The van der Waals surface area contributed by atoms with E-state index in [2.05, 4.69) is 31.3 Å². The van der Waals surface area contributed by atoms with Crippen LogP contribution in [0.2, 0.25) is 0 Å². The van der Waals surface area contributed by atoms with Crippen LogP contribution in [0.25, 0.3) is 44.7 Å². The average molecular weight is 515 g/mol. The predicted molar refractivity (Wildman–Crippen MR) is 154 cm³/mol. The minimum absolute atomic E-state index is 0.264. The Kier molecular flexibility index (Phi) is 6.29. The van der Waals surface area contributed by atoms with Crippen molar-refractivity contribution in [1.82, 2.24) is 4.98 Å². The molecule has 0 spiro atoms. The van der Waals surface area contributed by atoms with E-state index in [9.17, 15) is 9.59 Å². The third kappa shape index (κ3) is 4.84. The molecule has 192 valence electrons. The van der Waals surface area contributed by atoms with E-state index < -0.39 is 5.63 Å². The number of aromatic nitrogens is 1. The fourth-order valence-corrected chi connectivity index (χ4v) is 4.61. The molecule has 1 N–H and O–H groups in total. The smallest absolute Gasteiger partial charge is 0.344 e. The van der Waals surface area contributed by atoms with Gasteiger partial charge in [-0.25, -0.2) is 9.78 Å². The molecule has 6 nitrogen and oxygen atoms in total. The lowest BCUT2D eigenvalue weighted by Crippen LogP contribution is -2.12. The van der Waals surface area contributed by atoms with Crippen LogP contribution in [0.3, 0.4) is 0 Å². The van der Waals surface area contributed by atoms with Crippen LogP contribution in [0.5, 0.6) is 0 Å². The van der Waals surface area contributed by atoms with Gasteiger partial charge in [0.15, 0.2) is 5.58 Å². The van der Waals surface area contributed by atoms with E-state index in [1.165, 1.54) is 5.56 Å². The van der Waals surface area contributed by atoms with Crippen molar-refractivity contribution in [3.63, 3.8) is 0 Å². The molecule has 6 aromatic rings. The molecule has 1 unspecified atom stereocenters. The molecule has 0 radical (unpaired) electrons. The van der Waals surface area contributed by atoms with Crippen molar-refractivity contribution in [2.24, 2.45) is 0 Å². The van der Waals surface area contributed by atoms with Crippen LogP contribution in [0.15, 0.2) is 111 Å². The predicted octanol–water partition coefficient (Wildman–Crippen LogP) is 8.03. The summed E-state index contributed by atoms with van der Waals surface area (Å²) < 4.78 is 11.4. The Morgan fingerprint density at radius 2 is 1.67 bits per heavy atom. The van der Waals surface area contributed by atoms with Gasteiger partial charge >= 0.3 is 5.63 Å². The molecule has 0 saturated heterocycles. The molecule has 2 aromatic heterocycles. The molecule has 1 amide bonds. The van der Waals surface area contributed by atoms with Crippen LogP contribution in [0.1, 0.15) is 42.1 Å². The lowest BCUT2D eigenvalue weighted by Gasteiger charge is -2.08. The van der Waals surface area contributed by atoms with Gasteiger partial charge in [0.1, 0.15) is 11.1 Å². The molecule has 6 rings (SSSR count). The van der Waals surface area contributed by atoms with Crippen molar-refractivity contribution in [2.45, 2.75) is 26.2 Å². The minimum atomic E-state index is -0.419. The van der Waals surface area contributed by atoms with Gasteiger partial charge in [0.25, 0.3) is 5.91 Å². The molecule has 2 heterocycles. The Morgan fingerprint density at radius 3 is 2.49 bits per heavy atom. The van der Waals surface area contributed by atoms with Crippen LogP contribution in [0.4, 0.5) is 5.69 Å². The fraction of sp³-hybridized carbons (Fsp3) is 0.121. The van der Waals surface area contributed by atoms with Crippen molar-refractivity contribution >= 4 is 33.7 Å². The van der Waals surface area contributed by atoms with Crippen LogP contribution in [-0.4, -0.2) is 10.9 Å². The Labute approximate surface area is 224 Å². The monoisotopic (exact) mass is 514 g/mol. The summed E-state index contributed by atoms with van der Waals surface area (Å²) in [5.74, 6) is 0.688. The van der Waals surface area contributed by atoms with Gasteiger partial charge in [0, 0.05) is 22.2 Å². The van der Waals surface area contributed by atoms with Gasteiger partial charge in [-0.15, -0.1) is 0 Å². The second-order valence-electron chi connectivity index (χ2n) is 9.65. The number of carbonyl (C=O) groups is 1. The molecule has 0 saturated carbocycles. The molecule has 0 fully saturated rings. The zero-order valence-electron chi connectivity index (χ0n) is 21.6. The second kappa shape index (κ2) is 10.1. The van der Waals surface area contributed by atoms with Crippen LogP contribution < -0.4 is 10.9 Å². The summed E-state index contributed by atoms with van der Waals surface area (Å²) in [7, 11) is 0. The number of benzene rings is 4. The van der Waals surface area contributed by atoms with Crippen molar-refractivity contribution in [2.75, 3.05) is 5.32 Å². The van der Waals surface area contributed by atoms with E-state index in [-0.39, 0.29) is 5.91 Å². The summed E-state index contributed by atoms with van der Waals surface area (Å²) in [4.78, 5) is 30.2. The standard InChI is InChI=1S/C33H26N2O4/c1-3-20(2)23-15-16-30-28(19-23)35-32(38-30)25-8-6-9-26(17-25)34-31(36)22-13-11-21(12-14-22)27-18-24-7-4-5-10-29(24)39-33(27)37/h4-20H,3H2,1-2H3,(H,34,36). The van der Waals surface area contributed by atoms with Crippen LogP contribution in [0, 0.1) is 0 Å². The zero-order chi connectivity index (χ0) is 26.9. The lowest BCUT2D eigenvalue weighted by molar-refractivity contribution is 0.102. The number of hydrogen-bond donors (Lipinski definition) is 1. The highest BCUT2D eigenvalue weighted by Gasteiger charge is 2.14. The van der Waals surface area contributed by atoms with Crippen molar-refractivity contribution in [1.29, 1.82) is 0 Å². The highest BCUT2D eigenvalue weighted by Crippen LogP contribution is 2.29. The first-order valence-corrected chi connectivity index (χ1v) is 12.9. The van der Waals surface area contributed by atoms with E-state index in [4.69, 9.17) is 13.8 Å². The number of para-hydroxylation sites is 1. The molecular formula is C33H26N2O4. The van der Waals surface area contributed by atoms with Crippen molar-refractivity contribution in [3.05, 3.63) is 119 Å². The summed E-state index contributed by atoms with van der Waals surface area (Å²) in [5.41, 5.74) is 5.89. The van der Waals surface area contributed by atoms with Crippen molar-refractivity contribution in [3.8, 4) is 22.6 Å². The second-order valence-corrected chi connectivity index (χ2v) is 9.65. The Bertz CT molecular complexity index is 1880. The molecular weight excluding hydrogens is 488 g/mol. The quantitative estimate of drug-likeness (QED) is 0.227. The maximum absolute atomic E-state index is 13.0. The molecule has 0 bridgehead atoms. The number of hydrogen-bond acceptors (Lipinski definition) is 5. The Hall–Kier alpha value is -4.97. The first kappa shape index (κ1) is 24.4. The minimum Gasteiger partial charge on any atom is -0.436 e. The van der Waals surface area contributed by atoms with Gasteiger partial charge in [-0.05, 0) is 78.1 Å². The van der Waals surface area contributed by atoms with Crippen molar-refractivity contribution < 1.29 is 13.6 Å². The molecule has 1 atom stereocenters. The maximum Gasteiger partial charge on any atom is 0.344 e.